The summed E-state index contributed by atoms with van der Waals surface area (Å²) in [7, 11) is 3.36. The van der Waals surface area contributed by atoms with Crippen LogP contribution in [0.15, 0.2) is 42.6 Å². The number of amides is 1. The molecule has 0 unspecified atom stereocenters. The van der Waals surface area contributed by atoms with Crippen LogP contribution in [0.25, 0.3) is 0 Å². The molecule has 0 aliphatic carbocycles. The van der Waals surface area contributed by atoms with Gasteiger partial charge in [-0.1, -0.05) is 12.1 Å². The lowest BCUT2D eigenvalue weighted by Gasteiger charge is -2.17. The Kier molecular flexibility index (Phi) is 5.89. The van der Waals surface area contributed by atoms with E-state index in [1.165, 1.54) is 23.9 Å². The van der Waals surface area contributed by atoms with Gasteiger partial charge in [0, 0.05) is 19.8 Å². The van der Waals surface area contributed by atoms with E-state index in [0.717, 1.165) is 18.6 Å². The first kappa shape index (κ1) is 17.5. The summed E-state index contributed by atoms with van der Waals surface area (Å²) in [5.41, 5.74) is 1.49. The fraction of sp³-hybridized carbons (Fsp3) is 0.278. The molecule has 0 aliphatic rings. The molecule has 0 fully saturated rings. The molecule has 24 heavy (non-hydrogen) atoms. The molecule has 1 amide bonds. The molecule has 6 nitrogen and oxygen atoms in total. The average molecular weight is 328 g/mol. The maximum absolute atomic E-state index is 12.3. The van der Waals surface area contributed by atoms with Gasteiger partial charge in [0.1, 0.15) is 11.4 Å². The molecule has 126 valence electrons. The van der Waals surface area contributed by atoms with Crippen molar-refractivity contribution in [3.8, 4) is 5.75 Å². The first-order chi connectivity index (χ1) is 11.5. The maximum Gasteiger partial charge on any atom is 0.354 e. The number of nitrogens with zero attached hydrogens (tertiary/aromatic N) is 2. The van der Waals surface area contributed by atoms with Crippen LogP contribution in [0.4, 0.5) is 0 Å². The number of hydrogen-bond donors (Lipinski definition) is 1. The Balaban J connectivity index is 1.85. The zero-order chi connectivity index (χ0) is 17.5. The van der Waals surface area contributed by atoms with Crippen molar-refractivity contribution in [2.24, 2.45) is 0 Å². The summed E-state index contributed by atoms with van der Waals surface area (Å²) in [4.78, 5) is 28.4. The number of rotatable bonds is 7. The van der Waals surface area contributed by atoms with E-state index in [0.29, 0.717) is 12.1 Å². The van der Waals surface area contributed by atoms with Crippen LogP contribution in [-0.2, 0) is 6.42 Å². The lowest BCUT2D eigenvalue weighted by atomic mass is 10.1. The van der Waals surface area contributed by atoms with Gasteiger partial charge in [-0.15, -0.1) is 0 Å². The van der Waals surface area contributed by atoms with Gasteiger partial charge in [-0.25, -0.2) is 9.78 Å². The summed E-state index contributed by atoms with van der Waals surface area (Å²) in [5, 5.41) is 8.82. The van der Waals surface area contributed by atoms with Crippen molar-refractivity contribution >= 4 is 11.9 Å². The molecular formula is C18H20N2O4. The Bertz CT molecular complexity index is 696. The Morgan fingerprint density at radius 3 is 2.42 bits per heavy atom. The largest absolute Gasteiger partial charge is 0.497 e. The molecule has 1 aromatic heterocycles. The maximum atomic E-state index is 12.3. The van der Waals surface area contributed by atoms with E-state index < -0.39 is 5.97 Å². The number of ether oxygens (including phenoxy) is 1. The lowest BCUT2D eigenvalue weighted by molar-refractivity contribution is 0.0688. The van der Waals surface area contributed by atoms with Gasteiger partial charge in [0.25, 0.3) is 5.91 Å². The lowest BCUT2D eigenvalue weighted by Crippen LogP contribution is -2.28. The van der Waals surface area contributed by atoms with Crippen LogP contribution in [0.1, 0.15) is 32.8 Å². The van der Waals surface area contributed by atoms with Crippen molar-refractivity contribution < 1.29 is 19.4 Å². The minimum absolute atomic E-state index is 0.0753. The van der Waals surface area contributed by atoms with Crippen molar-refractivity contribution in [3.63, 3.8) is 0 Å². The summed E-state index contributed by atoms with van der Waals surface area (Å²) in [5.74, 6) is -0.459. The average Bonchev–Trinajstić information content (AvgIpc) is 2.61. The van der Waals surface area contributed by atoms with E-state index in [9.17, 15) is 9.59 Å². The van der Waals surface area contributed by atoms with Gasteiger partial charge in [0.05, 0.1) is 12.7 Å². The minimum atomic E-state index is -1.11. The predicted molar refractivity (Wildman–Crippen MR) is 89.5 cm³/mol. The second kappa shape index (κ2) is 8.10. The highest BCUT2D eigenvalue weighted by atomic mass is 16.5. The number of carbonyl (C=O) groups excluding carboxylic acids is 1. The molecule has 0 aliphatic heterocycles. The van der Waals surface area contributed by atoms with E-state index in [2.05, 4.69) is 4.98 Å². The molecule has 1 aromatic carbocycles. The highest BCUT2D eigenvalue weighted by molar-refractivity contribution is 5.94. The summed E-state index contributed by atoms with van der Waals surface area (Å²) >= 11 is 0. The predicted octanol–water partition coefficient (Wildman–Crippen LogP) is 2.49. The summed E-state index contributed by atoms with van der Waals surface area (Å²) in [6.45, 7) is 0.603. The number of carboxylic acid groups (broad SMARTS) is 1. The number of carboxylic acids is 1. The summed E-state index contributed by atoms with van der Waals surface area (Å²) < 4.78 is 5.12. The Morgan fingerprint density at radius 1 is 1.17 bits per heavy atom. The fourth-order valence-corrected chi connectivity index (χ4v) is 2.28. The highest BCUT2D eigenvalue weighted by Gasteiger charge is 2.13. The molecule has 0 bridgehead atoms. The smallest absolute Gasteiger partial charge is 0.354 e. The van der Waals surface area contributed by atoms with Gasteiger partial charge in [-0.05, 0) is 42.7 Å². The van der Waals surface area contributed by atoms with Crippen molar-refractivity contribution in [1.29, 1.82) is 0 Å². The zero-order valence-electron chi connectivity index (χ0n) is 13.7. The number of methoxy groups -OCH3 is 1. The third-order valence-corrected chi connectivity index (χ3v) is 3.69. The van der Waals surface area contributed by atoms with E-state index in [4.69, 9.17) is 9.84 Å². The quantitative estimate of drug-likeness (QED) is 0.844. The van der Waals surface area contributed by atoms with Crippen molar-refractivity contribution in [1.82, 2.24) is 9.88 Å². The van der Waals surface area contributed by atoms with Crippen LogP contribution in [0.3, 0.4) is 0 Å². The Hall–Kier alpha value is -2.89. The molecular weight excluding hydrogens is 308 g/mol. The molecule has 6 heteroatoms. The summed E-state index contributed by atoms with van der Waals surface area (Å²) in [6.07, 6.45) is 2.98. The van der Waals surface area contributed by atoms with Crippen LogP contribution in [0.2, 0.25) is 0 Å². The molecule has 2 aromatic rings. The van der Waals surface area contributed by atoms with Gasteiger partial charge in [0.2, 0.25) is 0 Å². The van der Waals surface area contributed by atoms with Gasteiger partial charge in [0.15, 0.2) is 0 Å². The van der Waals surface area contributed by atoms with Crippen molar-refractivity contribution in [2.45, 2.75) is 12.8 Å². The number of benzene rings is 1. The second-order valence-corrected chi connectivity index (χ2v) is 5.42. The van der Waals surface area contributed by atoms with Crippen molar-refractivity contribution in [3.05, 3.63) is 59.4 Å². The Labute approximate surface area is 140 Å². The van der Waals surface area contributed by atoms with Crippen LogP contribution in [-0.4, -0.2) is 47.6 Å². The number of pyridine rings is 1. The first-order valence-electron chi connectivity index (χ1n) is 7.59. The second-order valence-electron chi connectivity index (χ2n) is 5.42. The van der Waals surface area contributed by atoms with Gasteiger partial charge in [-0.3, -0.25) is 4.79 Å². The molecule has 0 atom stereocenters. The van der Waals surface area contributed by atoms with Gasteiger partial charge in [-0.2, -0.15) is 0 Å². The Morgan fingerprint density at radius 2 is 1.88 bits per heavy atom. The summed E-state index contributed by atoms with van der Waals surface area (Å²) in [6, 6.07) is 10.7. The van der Waals surface area contributed by atoms with Gasteiger partial charge >= 0.3 is 5.97 Å². The topological polar surface area (TPSA) is 79.7 Å². The molecule has 0 saturated carbocycles. The van der Waals surface area contributed by atoms with E-state index in [1.807, 2.05) is 24.3 Å². The molecule has 0 radical (unpaired) electrons. The number of hydrogen-bond acceptors (Lipinski definition) is 4. The number of aromatic nitrogens is 1. The SMILES string of the molecule is COc1ccc(CCCN(C)C(=O)c2ccc(C(=O)O)nc2)cc1. The van der Waals surface area contributed by atoms with E-state index in [-0.39, 0.29) is 11.6 Å². The molecule has 1 N–H and O–H groups in total. The normalized spacial score (nSPS) is 10.2. The monoisotopic (exact) mass is 328 g/mol. The van der Waals surface area contributed by atoms with Gasteiger partial charge < -0.3 is 14.7 Å². The fourth-order valence-electron chi connectivity index (χ4n) is 2.28. The molecule has 0 spiro atoms. The number of carbonyl (C=O) groups is 2. The third kappa shape index (κ3) is 4.55. The molecule has 1 heterocycles. The van der Waals surface area contributed by atoms with Crippen LogP contribution in [0, 0.1) is 0 Å². The molecule has 2 rings (SSSR count). The van der Waals surface area contributed by atoms with Crippen LogP contribution >= 0.6 is 0 Å². The first-order valence-corrected chi connectivity index (χ1v) is 7.59. The zero-order valence-corrected chi connectivity index (χ0v) is 13.7. The van der Waals surface area contributed by atoms with Crippen LogP contribution < -0.4 is 4.74 Å². The number of aromatic carboxylic acids is 1. The third-order valence-electron chi connectivity index (χ3n) is 3.69. The number of aryl methyl sites for hydroxylation is 1. The van der Waals surface area contributed by atoms with E-state index in [1.54, 1.807) is 19.1 Å². The van der Waals surface area contributed by atoms with E-state index >= 15 is 0 Å². The standard InChI is InChI=1S/C18H20N2O4/c1-20(11-3-4-13-5-8-15(24-2)9-6-13)17(21)14-7-10-16(18(22)23)19-12-14/h5-10,12H,3-4,11H2,1-2H3,(H,22,23). The highest BCUT2D eigenvalue weighted by Crippen LogP contribution is 2.13. The minimum Gasteiger partial charge on any atom is -0.497 e. The molecule has 0 saturated heterocycles. The van der Waals surface area contributed by atoms with Crippen molar-refractivity contribution in [2.75, 3.05) is 20.7 Å². The van der Waals surface area contributed by atoms with Crippen LogP contribution in [0.5, 0.6) is 5.75 Å².